The minimum atomic E-state index is -0.0148. The lowest BCUT2D eigenvalue weighted by Crippen LogP contribution is -2.22. The number of thiophene rings is 1. The molecule has 1 amide bonds. The summed E-state index contributed by atoms with van der Waals surface area (Å²) in [5.41, 5.74) is 0. The van der Waals surface area contributed by atoms with E-state index in [1.54, 1.807) is 20.2 Å². The molecule has 1 aromatic heterocycles. The highest BCUT2D eigenvalue weighted by atomic mass is 79.9. The smallest absolute Gasteiger partial charge is 0.222 e. The topological polar surface area (TPSA) is 37.4 Å². The number of amides is 1. The van der Waals surface area contributed by atoms with E-state index < -0.39 is 0 Å². The van der Waals surface area contributed by atoms with E-state index in [1.807, 2.05) is 6.07 Å². The van der Waals surface area contributed by atoms with Gasteiger partial charge in [0.2, 0.25) is 5.91 Å². The van der Waals surface area contributed by atoms with Gasteiger partial charge in [0.15, 0.2) is 5.78 Å². The number of nitrogens with zero attached hydrogens (tertiary/aromatic N) is 1. The van der Waals surface area contributed by atoms with Crippen LogP contribution in [0.3, 0.4) is 0 Å². The third kappa shape index (κ3) is 3.76. The number of carbonyl (C=O) groups is 2. The van der Waals surface area contributed by atoms with E-state index in [-0.39, 0.29) is 24.5 Å². The van der Waals surface area contributed by atoms with Crippen LogP contribution in [-0.2, 0) is 4.79 Å². The fourth-order valence-corrected chi connectivity index (χ4v) is 2.38. The molecule has 0 atom stereocenters. The number of hydrogen-bond acceptors (Lipinski definition) is 3. The van der Waals surface area contributed by atoms with Gasteiger partial charge in [-0.3, -0.25) is 9.59 Å². The Balaban J connectivity index is 2.47. The largest absolute Gasteiger partial charge is 0.349 e. The van der Waals surface area contributed by atoms with Gasteiger partial charge in [-0.15, -0.1) is 11.3 Å². The zero-order chi connectivity index (χ0) is 11.4. The SMILES string of the molecule is CN(C)C(=O)CCC(=O)c1ccc(Br)s1. The van der Waals surface area contributed by atoms with Gasteiger partial charge in [-0.2, -0.15) is 0 Å². The summed E-state index contributed by atoms with van der Waals surface area (Å²) >= 11 is 4.69. The van der Waals surface area contributed by atoms with E-state index in [0.29, 0.717) is 4.88 Å². The fraction of sp³-hybridized carbons (Fsp3) is 0.400. The lowest BCUT2D eigenvalue weighted by molar-refractivity contribution is -0.128. The van der Waals surface area contributed by atoms with E-state index in [9.17, 15) is 9.59 Å². The summed E-state index contributed by atoms with van der Waals surface area (Å²) in [6.45, 7) is 0. The van der Waals surface area contributed by atoms with Crippen LogP contribution in [0.1, 0.15) is 22.5 Å². The second-order valence-electron chi connectivity index (χ2n) is 3.32. The Morgan fingerprint density at radius 1 is 1.33 bits per heavy atom. The van der Waals surface area contributed by atoms with Gasteiger partial charge in [-0.1, -0.05) is 0 Å². The van der Waals surface area contributed by atoms with Gasteiger partial charge in [0.1, 0.15) is 0 Å². The summed E-state index contributed by atoms with van der Waals surface area (Å²) in [7, 11) is 3.38. The monoisotopic (exact) mass is 289 g/mol. The van der Waals surface area contributed by atoms with Crippen LogP contribution in [0.2, 0.25) is 0 Å². The van der Waals surface area contributed by atoms with Crippen molar-refractivity contribution >= 4 is 39.0 Å². The van der Waals surface area contributed by atoms with Crippen LogP contribution in [0.25, 0.3) is 0 Å². The van der Waals surface area contributed by atoms with Crippen molar-refractivity contribution in [2.45, 2.75) is 12.8 Å². The molecule has 0 saturated carbocycles. The standard InChI is InChI=1S/C10H12BrNO2S/c1-12(2)10(14)6-3-7(13)8-4-5-9(11)15-8/h4-5H,3,6H2,1-2H3. The van der Waals surface area contributed by atoms with Crippen LogP contribution in [0, 0.1) is 0 Å². The lowest BCUT2D eigenvalue weighted by atomic mass is 10.2. The summed E-state index contributed by atoms with van der Waals surface area (Å²) in [4.78, 5) is 25.1. The first-order valence-electron chi connectivity index (χ1n) is 4.49. The molecule has 3 nitrogen and oxygen atoms in total. The first-order chi connectivity index (χ1) is 7.00. The average Bonchev–Trinajstić information content (AvgIpc) is 2.60. The van der Waals surface area contributed by atoms with E-state index in [4.69, 9.17) is 0 Å². The quantitative estimate of drug-likeness (QED) is 0.799. The highest BCUT2D eigenvalue weighted by molar-refractivity contribution is 9.11. The Morgan fingerprint density at radius 3 is 2.47 bits per heavy atom. The normalized spacial score (nSPS) is 10.1. The molecule has 0 aliphatic rings. The van der Waals surface area contributed by atoms with Crippen molar-refractivity contribution in [3.63, 3.8) is 0 Å². The Hall–Kier alpha value is -0.680. The lowest BCUT2D eigenvalue weighted by Gasteiger charge is -2.08. The second-order valence-corrected chi connectivity index (χ2v) is 5.78. The zero-order valence-corrected chi connectivity index (χ0v) is 11.0. The second kappa shape index (κ2) is 5.42. The molecule has 1 rings (SSSR count). The molecule has 5 heteroatoms. The molecule has 15 heavy (non-hydrogen) atoms. The maximum absolute atomic E-state index is 11.6. The molecule has 1 aromatic rings. The molecule has 0 bridgehead atoms. The molecule has 0 fully saturated rings. The van der Waals surface area contributed by atoms with Gasteiger partial charge in [-0.25, -0.2) is 0 Å². The predicted octanol–water partition coefficient (Wildman–Crippen LogP) is 2.56. The number of halogens is 1. The van der Waals surface area contributed by atoms with Crippen LogP contribution >= 0.6 is 27.3 Å². The zero-order valence-electron chi connectivity index (χ0n) is 8.62. The van der Waals surface area contributed by atoms with Gasteiger partial charge in [0, 0.05) is 26.9 Å². The number of hydrogen-bond donors (Lipinski definition) is 0. The Labute approximate surface area is 101 Å². The van der Waals surface area contributed by atoms with Crippen molar-refractivity contribution < 1.29 is 9.59 Å². The van der Waals surface area contributed by atoms with Gasteiger partial charge < -0.3 is 4.90 Å². The molecule has 0 unspecified atom stereocenters. The van der Waals surface area contributed by atoms with E-state index in [0.717, 1.165) is 3.79 Å². The van der Waals surface area contributed by atoms with E-state index in [2.05, 4.69) is 15.9 Å². The third-order valence-electron chi connectivity index (χ3n) is 1.91. The minimum absolute atomic E-state index is 0.0148. The summed E-state index contributed by atoms with van der Waals surface area (Å²) in [5.74, 6) is 0.0138. The molecule has 0 aliphatic carbocycles. The van der Waals surface area contributed by atoms with Crippen LogP contribution in [0.4, 0.5) is 0 Å². The predicted molar refractivity (Wildman–Crippen MR) is 64.3 cm³/mol. The first-order valence-corrected chi connectivity index (χ1v) is 6.10. The highest BCUT2D eigenvalue weighted by Gasteiger charge is 2.11. The minimum Gasteiger partial charge on any atom is -0.349 e. The van der Waals surface area contributed by atoms with Crippen molar-refractivity contribution in [1.82, 2.24) is 4.90 Å². The summed E-state index contributed by atoms with van der Waals surface area (Å²) in [6.07, 6.45) is 0.561. The number of Topliss-reactive ketones (excluding diaryl/α,β-unsaturated/α-hetero) is 1. The summed E-state index contributed by atoms with van der Waals surface area (Å²) in [6, 6.07) is 3.61. The molecular weight excluding hydrogens is 278 g/mol. The molecule has 0 N–H and O–H groups in total. The molecular formula is C10H12BrNO2S. The van der Waals surface area contributed by atoms with Crippen LogP contribution < -0.4 is 0 Å². The maximum Gasteiger partial charge on any atom is 0.222 e. The van der Waals surface area contributed by atoms with E-state index in [1.165, 1.54) is 16.2 Å². The molecule has 0 aliphatic heterocycles. The van der Waals surface area contributed by atoms with Crippen molar-refractivity contribution in [2.75, 3.05) is 14.1 Å². The average molecular weight is 290 g/mol. The molecule has 1 heterocycles. The molecule has 0 aromatic carbocycles. The molecule has 0 spiro atoms. The Kier molecular flexibility index (Phi) is 4.47. The molecule has 0 saturated heterocycles. The van der Waals surface area contributed by atoms with Gasteiger partial charge >= 0.3 is 0 Å². The Bertz CT molecular complexity index is 373. The van der Waals surface area contributed by atoms with Crippen molar-refractivity contribution in [1.29, 1.82) is 0 Å². The number of rotatable bonds is 4. The Morgan fingerprint density at radius 2 is 2.00 bits per heavy atom. The van der Waals surface area contributed by atoms with Crippen molar-refractivity contribution in [3.8, 4) is 0 Å². The van der Waals surface area contributed by atoms with Gasteiger partial charge in [-0.05, 0) is 28.1 Å². The maximum atomic E-state index is 11.6. The third-order valence-corrected chi connectivity index (χ3v) is 3.58. The van der Waals surface area contributed by atoms with Crippen molar-refractivity contribution in [3.05, 3.63) is 20.8 Å². The van der Waals surface area contributed by atoms with Crippen LogP contribution in [0.5, 0.6) is 0 Å². The molecule has 0 radical (unpaired) electrons. The summed E-state index contributed by atoms with van der Waals surface area (Å²) < 4.78 is 0.935. The van der Waals surface area contributed by atoms with Crippen LogP contribution in [0.15, 0.2) is 15.9 Å². The number of carbonyl (C=O) groups excluding carboxylic acids is 2. The first kappa shape index (κ1) is 12.4. The summed E-state index contributed by atoms with van der Waals surface area (Å²) in [5, 5.41) is 0. The fourth-order valence-electron chi connectivity index (χ4n) is 1.03. The van der Waals surface area contributed by atoms with Gasteiger partial charge in [0.25, 0.3) is 0 Å². The van der Waals surface area contributed by atoms with E-state index >= 15 is 0 Å². The van der Waals surface area contributed by atoms with Crippen LogP contribution in [-0.4, -0.2) is 30.7 Å². The van der Waals surface area contributed by atoms with Crippen molar-refractivity contribution in [2.24, 2.45) is 0 Å². The molecule has 82 valence electrons. The van der Waals surface area contributed by atoms with Gasteiger partial charge in [0.05, 0.1) is 8.66 Å². The number of ketones is 1. The highest BCUT2D eigenvalue weighted by Crippen LogP contribution is 2.23.